The molecule has 0 aliphatic carbocycles. The highest BCUT2D eigenvalue weighted by atomic mass is 16.5. The summed E-state index contributed by atoms with van der Waals surface area (Å²) in [6.07, 6.45) is 1.69. The average Bonchev–Trinajstić information content (AvgIpc) is 2.25. The van der Waals surface area contributed by atoms with E-state index in [1.54, 1.807) is 6.20 Å². The Morgan fingerprint density at radius 3 is 3.00 bits per heavy atom. The molecule has 1 rings (SSSR count). The van der Waals surface area contributed by atoms with Gasteiger partial charge < -0.3 is 15.2 Å². The van der Waals surface area contributed by atoms with Crippen LogP contribution in [-0.2, 0) is 11.3 Å². The molecule has 0 aliphatic heterocycles. The third-order valence-electron chi connectivity index (χ3n) is 1.70. The van der Waals surface area contributed by atoms with Crippen molar-refractivity contribution in [2.45, 2.75) is 13.5 Å². The van der Waals surface area contributed by atoms with Gasteiger partial charge in [0.25, 0.3) is 0 Å². The Balaban J connectivity index is 2.34. The molecule has 0 amide bonds. The highest BCUT2D eigenvalue weighted by Crippen LogP contribution is 2.09. The van der Waals surface area contributed by atoms with Gasteiger partial charge in [-0.3, -0.25) is 4.98 Å². The molecule has 14 heavy (non-hydrogen) atoms. The van der Waals surface area contributed by atoms with Crippen molar-refractivity contribution in [2.24, 2.45) is 5.73 Å². The number of hydrogen-bond donors (Lipinski definition) is 1. The normalized spacial score (nSPS) is 10.1. The minimum absolute atomic E-state index is 0.433. The molecule has 0 aromatic carbocycles. The maximum absolute atomic E-state index is 5.45. The van der Waals surface area contributed by atoms with Crippen LogP contribution in [0.5, 0.6) is 5.75 Å². The summed E-state index contributed by atoms with van der Waals surface area (Å²) >= 11 is 0. The summed E-state index contributed by atoms with van der Waals surface area (Å²) in [6, 6.07) is 3.65. The molecule has 4 nitrogen and oxygen atoms in total. The molecular weight excluding hydrogens is 180 g/mol. The van der Waals surface area contributed by atoms with Crippen molar-refractivity contribution in [1.29, 1.82) is 0 Å². The van der Waals surface area contributed by atoms with Crippen LogP contribution >= 0.6 is 0 Å². The van der Waals surface area contributed by atoms with E-state index in [1.807, 2.05) is 19.1 Å². The van der Waals surface area contributed by atoms with E-state index in [0.717, 1.165) is 11.4 Å². The summed E-state index contributed by atoms with van der Waals surface area (Å²) in [4.78, 5) is 4.07. The van der Waals surface area contributed by atoms with Crippen molar-refractivity contribution in [3.8, 4) is 5.75 Å². The van der Waals surface area contributed by atoms with Crippen molar-refractivity contribution in [3.05, 3.63) is 24.0 Å². The van der Waals surface area contributed by atoms with Crippen molar-refractivity contribution >= 4 is 0 Å². The summed E-state index contributed by atoms with van der Waals surface area (Å²) in [5.41, 5.74) is 6.28. The summed E-state index contributed by atoms with van der Waals surface area (Å²) in [5, 5.41) is 0. The fourth-order valence-electron chi connectivity index (χ4n) is 1.02. The number of rotatable bonds is 6. The third kappa shape index (κ3) is 3.72. The van der Waals surface area contributed by atoms with Gasteiger partial charge in [0.2, 0.25) is 0 Å². The Morgan fingerprint density at radius 1 is 1.43 bits per heavy atom. The van der Waals surface area contributed by atoms with Gasteiger partial charge in [0.1, 0.15) is 12.4 Å². The van der Waals surface area contributed by atoms with Crippen molar-refractivity contribution < 1.29 is 9.47 Å². The molecule has 0 saturated carbocycles. The zero-order valence-corrected chi connectivity index (χ0v) is 8.40. The fourth-order valence-corrected chi connectivity index (χ4v) is 1.02. The molecule has 2 N–H and O–H groups in total. The van der Waals surface area contributed by atoms with E-state index in [9.17, 15) is 0 Å². The minimum atomic E-state index is 0.433. The van der Waals surface area contributed by atoms with E-state index >= 15 is 0 Å². The fraction of sp³-hybridized carbons (Fsp3) is 0.500. The first-order chi connectivity index (χ1) is 6.86. The number of nitrogens with two attached hydrogens (primary N) is 1. The van der Waals surface area contributed by atoms with Crippen molar-refractivity contribution in [3.63, 3.8) is 0 Å². The van der Waals surface area contributed by atoms with Crippen LogP contribution in [0.15, 0.2) is 18.3 Å². The van der Waals surface area contributed by atoms with E-state index in [-0.39, 0.29) is 0 Å². The molecule has 1 heterocycles. The number of hydrogen-bond acceptors (Lipinski definition) is 4. The van der Waals surface area contributed by atoms with E-state index < -0.39 is 0 Å². The Hall–Kier alpha value is -1.13. The molecule has 1 aromatic heterocycles. The van der Waals surface area contributed by atoms with Crippen LogP contribution in [-0.4, -0.2) is 24.8 Å². The molecule has 0 unspecified atom stereocenters. The van der Waals surface area contributed by atoms with Crippen LogP contribution in [0.3, 0.4) is 0 Å². The lowest BCUT2D eigenvalue weighted by Crippen LogP contribution is -2.07. The average molecular weight is 196 g/mol. The van der Waals surface area contributed by atoms with E-state index in [2.05, 4.69) is 4.98 Å². The monoisotopic (exact) mass is 196 g/mol. The Bertz CT molecular complexity index is 266. The molecule has 0 saturated heterocycles. The van der Waals surface area contributed by atoms with Crippen LogP contribution in [0.1, 0.15) is 12.6 Å². The molecule has 0 atom stereocenters. The first-order valence-electron chi connectivity index (χ1n) is 4.72. The largest absolute Gasteiger partial charge is 0.491 e. The van der Waals surface area contributed by atoms with Crippen LogP contribution in [0, 0.1) is 0 Å². The molecule has 0 bridgehead atoms. The lowest BCUT2D eigenvalue weighted by molar-refractivity contribution is 0.110. The van der Waals surface area contributed by atoms with Crippen LogP contribution in [0.2, 0.25) is 0 Å². The lowest BCUT2D eigenvalue weighted by atomic mass is 10.3. The van der Waals surface area contributed by atoms with Crippen molar-refractivity contribution in [2.75, 3.05) is 19.8 Å². The Labute approximate surface area is 84.0 Å². The maximum atomic E-state index is 5.45. The second-order valence-corrected chi connectivity index (χ2v) is 2.73. The molecule has 4 heteroatoms. The predicted molar refractivity (Wildman–Crippen MR) is 54.1 cm³/mol. The number of ether oxygens (including phenoxy) is 2. The highest BCUT2D eigenvalue weighted by molar-refractivity contribution is 5.22. The zero-order valence-electron chi connectivity index (χ0n) is 8.40. The first kappa shape index (κ1) is 10.9. The van der Waals surface area contributed by atoms with Gasteiger partial charge in [0, 0.05) is 25.4 Å². The summed E-state index contributed by atoms with van der Waals surface area (Å²) in [5.74, 6) is 0.792. The number of pyridine rings is 1. The summed E-state index contributed by atoms with van der Waals surface area (Å²) < 4.78 is 10.6. The standard InChI is InChI=1S/C10H16N2O2/c1-2-13-5-6-14-10-3-4-12-9(7-10)8-11/h3-4,7H,2,5-6,8,11H2,1H3. The molecule has 0 fully saturated rings. The summed E-state index contributed by atoms with van der Waals surface area (Å²) in [7, 11) is 0. The second-order valence-electron chi connectivity index (χ2n) is 2.73. The highest BCUT2D eigenvalue weighted by Gasteiger charge is 1.96. The summed E-state index contributed by atoms with van der Waals surface area (Å²) in [6.45, 7) is 4.27. The van der Waals surface area contributed by atoms with Gasteiger partial charge in [0.05, 0.1) is 12.3 Å². The van der Waals surface area contributed by atoms with Gasteiger partial charge in [-0.05, 0) is 13.0 Å². The number of aromatic nitrogens is 1. The van der Waals surface area contributed by atoms with E-state index in [1.165, 1.54) is 0 Å². The molecular formula is C10H16N2O2. The molecule has 0 radical (unpaired) electrons. The molecule has 78 valence electrons. The van der Waals surface area contributed by atoms with Gasteiger partial charge in [-0.15, -0.1) is 0 Å². The van der Waals surface area contributed by atoms with Gasteiger partial charge in [0.15, 0.2) is 0 Å². The quantitative estimate of drug-likeness (QED) is 0.688. The Kier molecular flexibility index (Phi) is 4.96. The first-order valence-corrected chi connectivity index (χ1v) is 4.72. The van der Waals surface area contributed by atoms with E-state index in [4.69, 9.17) is 15.2 Å². The predicted octanol–water partition coefficient (Wildman–Crippen LogP) is 0.956. The lowest BCUT2D eigenvalue weighted by Gasteiger charge is -2.06. The third-order valence-corrected chi connectivity index (χ3v) is 1.70. The van der Waals surface area contributed by atoms with Crippen LogP contribution < -0.4 is 10.5 Å². The van der Waals surface area contributed by atoms with Gasteiger partial charge in [-0.25, -0.2) is 0 Å². The maximum Gasteiger partial charge on any atom is 0.122 e. The van der Waals surface area contributed by atoms with Gasteiger partial charge in [-0.1, -0.05) is 0 Å². The van der Waals surface area contributed by atoms with Crippen LogP contribution in [0.25, 0.3) is 0 Å². The van der Waals surface area contributed by atoms with E-state index in [0.29, 0.717) is 26.4 Å². The van der Waals surface area contributed by atoms with Crippen molar-refractivity contribution in [1.82, 2.24) is 4.98 Å². The second kappa shape index (κ2) is 6.34. The smallest absolute Gasteiger partial charge is 0.122 e. The minimum Gasteiger partial charge on any atom is -0.491 e. The SMILES string of the molecule is CCOCCOc1ccnc(CN)c1. The Morgan fingerprint density at radius 2 is 2.29 bits per heavy atom. The topological polar surface area (TPSA) is 57.4 Å². The van der Waals surface area contributed by atoms with Crippen LogP contribution in [0.4, 0.5) is 0 Å². The molecule has 0 spiro atoms. The number of nitrogens with zero attached hydrogens (tertiary/aromatic N) is 1. The zero-order chi connectivity index (χ0) is 10.2. The molecule has 0 aliphatic rings. The van der Waals surface area contributed by atoms with Gasteiger partial charge in [-0.2, -0.15) is 0 Å². The van der Waals surface area contributed by atoms with Gasteiger partial charge >= 0.3 is 0 Å². The molecule has 1 aromatic rings.